The second kappa shape index (κ2) is 7.74. The van der Waals surface area contributed by atoms with Gasteiger partial charge < -0.3 is 14.8 Å². The second-order valence-electron chi connectivity index (χ2n) is 7.88. The molecule has 3 aromatic heterocycles. The molecule has 0 saturated carbocycles. The first kappa shape index (κ1) is 18.5. The fourth-order valence-electron chi connectivity index (χ4n) is 4.74. The summed E-state index contributed by atoms with van der Waals surface area (Å²) in [6, 6.07) is 8.92. The fraction of sp³-hybridized carbons (Fsp3) is 0.381. The Morgan fingerprint density at radius 2 is 1.97 bits per heavy atom. The molecule has 154 valence electrons. The average molecular weight is 405 g/mol. The summed E-state index contributed by atoms with van der Waals surface area (Å²) in [5, 5.41) is 7.08. The normalized spacial score (nSPS) is 22.4. The van der Waals surface area contributed by atoms with E-state index < -0.39 is 0 Å². The molecule has 1 saturated heterocycles. The van der Waals surface area contributed by atoms with Gasteiger partial charge in [0.25, 0.3) is 5.56 Å². The maximum absolute atomic E-state index is 12.8. The van der Waals surface area contributed by atoms with Crippen LogP contribution in [0.1, 0.15) is 24.1 Å². The third-order valence-electron chi connectivity index (χ3n) is 6.01. The van der Waals surface area contributed by atoms with Crippen molar-refractivity contribution in [1.82, 2.24) is 29.6 Å². The van der Waals surface area contributed by atoms with E-state index in [9.17, 15) is 9.59 Å². The summed E-state index contributed by atoms with van der Waals surface area (Å²) >= 11 is 0. The molecule has 5 heterocycles. The van der Waals surface area contributed by atoms with Gasteiger partial charge in [-0.1, -0.05) is 6.07 Å². The number of hydrogen-bond donors (Lipinski definition) is 1. The van der Waals surface area contributed by atoms with Gasteiger partial charge in [-0.25, -0.2) is 9.97 Å². The first-order valence-corrected chi connectivity index (χ1v) is 10.2. The molecular formula is C21H23N7O2. The summed E-state index contributed by atoms with van der Waals surface area (Å²) < 4.78 is 3.47. The average Bonchev–Trinajstić information content (AvgIpc) is 3.27. The van der Waals surface area contributed by atoms with Crippen LogP contribution >= 0.6 is 0 Å². The third-order valence-corrected chi connectivity index (χ3v) is 6.01. The van der Waals surface area contributed by atoms with Crippen molar-refractivity contribution in [2.45, 2.75) is 24.9 Å². The fourth-order valence-corrected chi connectivity index (χ4v) is 4.74. The van der Waals surface area contributed by atoms with Crippen molar-refractivity contribution in [1.29, 1.82) is 0 Å². The molecule has 30 heavy (non-hydrogen) atoms. The minimum atomic E-state index is -0.120. The Bertz CT molecular complexity index is 1080. The van der Waals surface area contributed by atoms with E-state index in [-0.39, 0.29) is 35.9 Å². The maximum Gasteiger partial charge on any atom is 0.251 e. The summed E-state index contributed by atoms with van der Waals surface area (Å²) in [6.07, 6.45) is 7.87. The molecule has 2 bridgehead atoms. The van der Waals surface area contributed by atoms with E-state index in [1.165, 1.54) is 0 Å². The van der Waals surface area contributed by atoms with Crippen LogP contribution in [0.5, 0.6) is 0 Å². The summed E-state index contributed by atoms with van der Waals surface area (Å²) in [6.45, 7) is 2.09. The Balaban J connectivity index is 1.40. The Labute approximate surface area is 173 Å². The topological polar surface area (TPSA) is 97.9 Å². The van der Waals surface area contributed by atoms with E-state index in [0.717, 1.165) is 25.2 Å². The Kier molecular flexibility index (Phi) is 4.78. The van der Waals surface area contributed by atoms with Crippen LogP contribution in [0.2, 0.25) is 0 Å². The van der Waals surface area contributed by atoms with Crippen molar-refractivity contribution in [3.8, 4) is 0 Å². The number of rotatable bonds is 5. The summed E-state index contributed by atoms with van der Waals surface area (Å²) in [5.41, 5.74) is 1.00. The summed E-state index contributed by atoms with van der Waals surface area (Å²) in [5.74, 6) is 1.04. The molecule has 0 aromatic carbocycles. The van der Waals surface area contributed by atoms with Gasteiger partial charge in [-0.3, -0.25) is 14.3 Å². The van der Waals surface area contributed by atoms with Gasteiger partial charge in [0.05, 0.1) is 6.04 Å². The van der Waals surface area contributed by atoms with Crippen LogP contribution in [0.3, 0.4) is 0 Å². The van der Waals surface area contributed by atoms with Gasteiger partial charge >= 0.3 is 0 Å². The number of carbonyl (C=O) groups is 1. The van der Waals surface area contributed by atoms with Gasteiger partial charge in [-0.15, -0.1) is 0 Å². The number of nitrogens with zero attached hydrogens (tertiary/aromatic N) is 6. The van der Waals surface area contributed by atoms with E-state index in [1.807, 2.05) is 16.7 Å². The zero-order chi connectivity index (χ0) is 20.5. The smallest absolute Gasteiger partial charge is 0.251 e. The van der Waals surface area contributed by atoms with Crippen molar-refractivity contribution < 1.29 is 4.79 Å². The van der Waals surface area contributed by atoms with Gasteiger partial charge in [0.2, 0.25) is 11.9 Å². The van der Waals surface area contributed by atoms with Crippen molar-refractivity contribution in [3.63, 3.8) is 0 Å². The zero-order valence-corrected chi connectivity index (χ0v) is 16.5. The van der Waals surface area contributed by atoms with Crippen LogP contribution in [0.15, 0.2) is 59.9 Å². The highest BCUT2D eigenvalue weighted by molar-refractivity contribution is 5.75. The molecule has 0 unspecified atom stereocenters. The van der Waals surface area contributed by atoms with Crippen molar-refractivity contribution in [2.24, 2.45) is 5.92 Å². The van der Waals surface area contributed by atoms with Crippen LogP contribution in [-0.2, 0) is 11.3 Å². The Hall–Kier alpha value is -3.49. The lowest BCUT2D eigenvalue weighted by Gasteiger charge is -2.47. The lowest BCUT2D eigenvalue weighted by Crippen LogP contribution is -2.52. The van der Waals surface area contributed by atoms with Crippen LogP contribution in [0.25, 0.3) is 0 Å². The molecule has 1 amide bonds. The number of fused-ring (bicyclic) bond motifs is 4. The highest BCUT2D eigenvalue weighted by Gasteiger charge is 2.41. The van der Waals surface area contributed by atoms with Crippen LogP contribution in [0, 0.1) is 5.92 Å². The number of hydrogen-bond acceptors (Lipinski definition) is 6. The quantitative estimate of drug-likeness (QED) is 0.675. The number of amides is 1. The predicted molar refractivity (Wildman–Crippen MR) is 110 cm³/mol. The molecule has 2 aliphatic rings. The van der Waals surface area contributed by atoms with E-state index in [4.69, 9.17) is 0 Å². The van der Waals surface area contributed by atoms with Gasteiger partial charge in [0, 0.05) is 62.1 Å². The van der Waals surface area contributed by atoms with Gasteiger partial charge in [-0.05, 0) is 30.5 Å². The van der Waals surface area contributed by atoms with Crippen LogP contribution in [0.4, 0.5) is 5.95 Å². The van der Waals surface area contributed by atoms with Crippen LogP contribution < -0.4 is 15.8 Å². The predicted octanol–water partition coefficient (Wildman–Crippen LogP) is 0.816. The molecule has 0 radical (unpaired) electrons. The largest absolute Gasteiger partial charge is 0.352 e. The first-order valence-electron chi connectivity index (χ1n) is 10.2. The summed E-state index contributed by atoms with van der Waals surface area (Å²) in [7, 11) is 0. The van der Waals surface area contributed by atoms with Crippen LogP contribution in [-0.4, -0.2) is 49.9 Å². The molecule has 9 heteroatoms. The van der Waals surface area contributed by atoms with Gasteiger partial charge in [0.15, 0.2) is 0 Å². The summed E-state index contributed by atoms with van der Waals surface area (Å²) in [4.78, 5) is 36.2. The number of piperidine rings is 1. The minimum Gasteiger partial charge on any atom is -0.352 e. The number of aromatic nitrogens is 5. The first-order chi connectivity index (χ1) is 14.7. The highest BCUT2D eigenvalue weighted by atomic mass is 16.2. The van der Waals surface area contributed by atoms with Crippen molar-refractivity contribution >= 4 is 11.9 Å². The Morgan fingerprint density at radius 1 is 1.10 bits per heavy atom. The molecule has 1 fully saturated rings. The molecule has 9 nitrogen and oxygen atoms in total. The molecule has 0 aliphatic carbocycles. The van der Waals surface area contributed by atoms with Gasteiger partial charge in [0.1, 0.15) is 6.54 Å². The zero-order valence-electron chi connectivity index (χ0n) is 16.5. The van der Waals surface area contributed by atoms with E-state index in [0.29, 0.717) is 12.5 Å². The second-order valence-corrected chi connectivity index (χ2v) is 7.88. The molecule has 1 N–H and O–H groups in total. The third kappa shape index (κ3) is 3.47. The van der Waals surface area contributed by atoms with E-state index in [2.05, 4.69) is 25.3 Å². The highest BCUT2D eigenvalue weighted by Crippen LogP contribution is 2.41. The van der Waals surface area contributed by atoms with E-state index in [1.54, 1.807) is 47.7 Å². The van der Waals surface area contributed by atoms with E-state index >= 15 is 0 Å². The molecule has 3 aromatic rings. The standard InChI is InChI=1S/C21H23N7O2/c29-19(14-27-9-3-8-25-27)24-11-18-16-10-15(17-4-1-5-20(30)28(17)18)12-26(13-16)21-22-6-2-7-23-21/h1-9,15-16,18H,10-14H2,(H,24,29)/t15-,16+,18+/m1/s1. The lowest BCUT2D eigenvalue weighted by atomic mass is 9.78. The molecule has 5 rings (SSSR count). The monoisotopic (exact) mass is 405 g/mol. The molecule has 2 aliphatic heterocycles. The van der Waals surface area contributed by atoms with Crippen molar-refractivity contribution in [2.75, 3.05) is 24.5 Å². The number of carbonyl (C=O) groups excluding carboxylic acids is 1. The van der Waals surface area contributed by atoms with Gasteiger partial charge in [-0.2, -0.15) is 5.10 Å². The maximum atomic E-state index is 12.8. The lowest BCUT2D eigenvalue weighted by molar-refractivity contribution is -0.122. The molecule has 3 atom stereocenters. The SMILES string of the molecule is O=C(Cn1cccn1)NC[C@H]1[C@H]2C[C@H](CN(c3ncccn3)C2)c2cccc(=O)n21. The number of anilines is 1. The minimum absolute atomic E-state index is 0.0158. The van der Waals surface area contributed by atoms with Crippen molar-refractivity contribution in [3.05, 3.63) is 71.2 Å². The molecular weight excluding hydrogens is 382 g/mol. The number of pyridine rings is 1. The number of nitrogens with one attached hydrogen (secondary N) is 1. The Morgan fingerprint density at radius 3 is 2.77 bits per heavy atom. The molecule has 0 spiro atoms.